The molecule has 1 rings (SSSR count). The Bertz CT molecular complexity index is 408. The summed E-state index contributed by atoms with van der Waals surface area (Å²) in [6.45, 7) is 0. The first-order valence-corrected chi connectivity index (χ1v) is 3.78. The van der Waals surface area contributed by atoms with Crippen molar-refractivity contribution in [1.82, 2.24) is 4.98 Å². The lowest BCUT2D eigenvalue weighted by atomic mass is 10.1. The number of hydrogen-bond donors (Lipinski definition) is 0. The first kappa shape index (κ1) is 12.5. The predicted molar refractivity (Wildman–Crippen MR) is 39.6 cm³/mol. The minimum atomic E-state index is -5.36. The van der Waals surface area contributed by atoms with Crippen molar-refractivity contribution in [1.29, 1.82) is 0 Å². The summed E-state index contributed by atoms with van der Waals surface area (Å²) < 4.78 is 72.5. The van der Waals surface area contributed by atoms with Crippen LogP contribution < -0.4 is 0 Å². The molecule has 16 heavy (non-hydrogen) atoms. The first-order valence-electron chi connectivity index (χ1n) is 3.78. The third-order valence-corrected chi connectivity index (χ3v) is 1.58. The molecule has 0 saturated carbocycles. The van der Waals surface area contributed by atoms with Crippen molar-refractivity contribution in [3.63, 3.8) is 0 Å². The Kier molecular flexibility index (Phi) is 2.93. The van der Waals surface area contributed by atoms with Crippen LogP contribution >= 0.6 is 0 Å². The van der Waals surface area contributed by atoms with Crippen LogP contribution in [0.1, 0.15) is 16.1 Å². The summed E-state index contributed by atoms with van der Waals surface area (Å²) in [7, 11) is 0. The molecule has 0 amide bonds. The van der Waals surface area contributed by atoms with Crippen molar-refractivity contribution in [3.05, 3.63) is 29.6 Å². The van der Waals surface area contributed by atoms with Crippen LogP contribution in [0.2, 0.25) is 0 Å². The van der Waals surface area contributed by atoms with E-state index in [1.807, 2.05) is 0 Å². The zero-order chi connectivity index (χ0) is 12.6. The number of aromatic nitrogens is 1. The molecule has 8 heteroatoms. The van der Waals surface area contributed by atoms with Crippen molar-refractivity contribution in [2.24, 2.45) is 0 Å². The van der Waals surface area contributed by atoms with Gasteiger partial charge in [-0.05, 0) is 12.1 Å². The van der Waals surface area contributed by atoms with Gasteiger partial charge in [0.25, 0.3) is 5.78 Å². The summed E-state index contributed by atoms with van der Waals surface area (Å²) in [5, 5.41) is 0. The van der Waals surface area contributed by atoms with Crippen molar-refractivity contribution in [2.75, 3.05) is 0 Å². The minimum absolute atomic E-state index is 0.436. The summed E-state index contributed by atoms with van der Waals surface area (Å²) in [5.74, 6) is -2.56. The van der Waals surface area contributed by atoms with E-state index in [0.717, 1.165) is 6.07 Å². The van der Waals surface area contributed by atoms with Crippen LogP contribution in [-0.4, -0.2) is 16.9 Å². The monoisotopic (exact) mass is 243 g/mol. The Morgan fingerprint density at radius 3 is 2.12 bits per heavy atom. The molecular formula is C8H3F6NO. The predicted octanol–water partition coefficient (Wildman–Crippen LogP) is 2.85. The topological polar surface area (TPSA) is 30.0 Å². The van der Waals surface area contributed by atoms with Gasteiger partial charge in [-0.2, -0.15) is 26.3 Å². The van der Waals surface area contributed by atoms with Gasteiger partial charge in [-0.15, -0.1) is 0 Å². The maximum Gasteiger partial charge on any atom is 0.454 e. The smallest absolute Gasteiger partial charge is 0.284 e. The van der Waals surface area contributed by atoms with Crippen LogP contribution in [0.15, 0.2) is 18.3 Å². The number of ketones is 1. The molecular weight excluding hydrogens is 240 g/mol. The maximum absolute atomic E-state index is 12.2. The van der Waals surface area contributed by atoms with E-state index in [9.17, 15) is 31.1 Å². The van der Waals surface area contributed by atoms with Gasteiger partial charge >= 0.3 is 12.4 Å². The van der Waals surface area contributed by atoms with Gasteiger partial charge in [-0.3, -0.25) is 9.78 Å². The Morgan fingerprint density at radius 1 is 1.12 bits per heavy atom. The van der Waals surface area contributed by atoms with Crippen LogP contribution in [0.3, 0.4) is 0 Å². The lowest BCUT2D eigenvalue weighted by molar-refractivity contribution is -0.142. The summed E-state index contributed by atoms with van der Waals surface area (Å²) in [6.07, 6.45) is -9.80. The molecule has 0 aliphatic heterocycles. The lowest BCUT2D eigenvalue weighted by Gasteiger charge is -2.11. The SMILES string of the molecule is O=C(c1cccnc1C(F)(F)F)C(F)(F)F. The van der Waals surface area contributed by atoms with Crippen molar-refractivity contribution >= 4 is 5.78 Å². The second-order valence-electron chi connectivity index (χ2n) is 2.72. The lowest BCUT2D eigenvalue weighted by Crippen LogP contribution is -2.26. The third-order valence-electron chi connectivity index (χ3n) is 1.58. The van der Waals surface area contributed by atoms with Crippen LogP contribution in [0.5, 0.6) is 0 Å². The maximum atomic E-state index is 12.2. The minimum Gasteiger partial charge on any atom is -0.284 e. The molecule has 0 aromatic carbocycles. The number of Topliss-reactive ketones (excluding diaryl/α,β-unsaturated/α-hetero) is 1. The molecule has 2 nitrogen and oxygen atoms in total. The average molecular weight is 243 g/mol. The molecule has 88 valence electrons. The highest BCUT2D eigenvalue weighted by molar-refractivity contribution is 6.01. The van der Waals surface area contributed by atoms with Crippen LogP contribution in [0.4, 0.5) is 26.3 Å². The molecule has 0 bridgehead atoms. The first-order chi connectivity index (χ1) is 7.14. The number of nitrogens with zero attached hydrogens (tertiary/aromatic N) is 1. The number of alkyl halides is 6. The summed E-state index contributed by atoms with van der Waals surface area (Å²) >= 11 is 0. The molecule has 0 fully saturated rings. The van der Waals surface area contributed by atoms with Gasteiger partial charge in [0, 0.05) is 6.20 Å². The molecule has 0 aliphatic carbocycles. The Balaban J connectivity index is 3.31. The molecule has 0 spiro atoms. The summed E-state index contributed by atoms with van der Waals surface area (Å²) in [4.78, 5) is 13.4. The van der Waals surface area contributed by atoms with Gasteiger partial charge in [-0.1, -0.05) is 0 Å². The van der Waals surface area contributed by atoms with Gasteiger partial charge in [0.15, 0.2) is 5.69 Å². The molecule has 1 aromatic heterocycles. The molecule has 1 heterocycles. The van der Waals surface area contributed by atoms with Crippen LogP contribution in [0, 0.1) is 0 Å². The highest BCUT2D eigenvalue weighted by Gasteiger charge is 2.45. The van der Waals surface area contributed by atoms with Crippen molar-refractivity contribution in [2.45, 2.75) is 12.4 Å². The fourth-order valence-corrected chi connectivity index (χ4v) is 0.967. The number of hydrogen-bond acceptors (Lipinski definition) is 2. The van der Waals surface area contributed by atoms with E-state index in [0.29, 0.717) is 12.3 Å². The standard InChI is InChI=1S/C8H3F6NO/c9-7(10,11)5-4(2-1-3-15-5)6(16)8(12,13)14/h1-3H. The molecule has 0 unspecified atom stereocenters. The van der Waals surface area contributed by atoms with E-state index in [1.54, 1.807) is 0 Å². The Labute approximate surface area is 84.9 Å². The van der Waals surface area contributed by atoms with Gasteiger partial charge in [0.1, 0.15) is 0 Å². The highest BCUT2D eigenvalue weighted by atomic mass is 19.4. The van der Waals surface area contributed by atoms with Crippen molar-refractivity contribution in [3.8, 4) is 0 Å². The van der Waals surface area contributed by atoms with Gasteiger partial charge in [-0.25, -0.2) is 0 Å². The average Bonchev–Trinajstić information content (AvgIpc) is 2.14. The van der Waals surface area contributed by atoms with Gasteiger partial charge < -0.3 is 0 Å². The number of pyridine rings is 1. The van der Waals surface area contributed by atoms with Crippen LogP contribution in [-0.2, 0) is 6.18 Å². The zero-order valence-electron chi connectivity index (χ0n) is 7.36. The molecule has 0 N–H and O–H groups in total. The third kappa shape index (κ3) is 2.50. The van der Waals surface area contributed by atoms with E-state index in [2.05, 4.69) is 4.98 Å². The van der Waals surface area contributed by atoms with E-state index >= 15 is 0 Å². The normalized spacial score (nSPS) is 12.6. The van der Waals surface area contributed by atoms with E-state index in [4.69, 9.17) is 0 Å². The largest absolute Gasteiger partial charge is 0.454 e. The fraction of sp³-hybridized carbons (Fsp3) is 0.250. The number of rotatable bonds is 1. The second kappa shape index (κ2) is 3.76. The quantitative estimate of drug-likeness (QED) is 0.560. The summed E-state index contributed by atoms with van der Waals surface area (Å²) in [6, 6.07) is 1.26. The van der Waals surface area contributed by atoms with Crippen molar-refractivity contribution < 1.29 is 31.1 Å². The van der Waals surface area contributed by atoms with E-state index < -0.39 is 29.4 Å². The Morgan fingerprint density at radius 2 is 1.69 bits per heavy atom. The summed E-state index contributed by atoms with van der Waals surface area (Å²) in [5.41, 5.74) is -3.33. The fourth-order valence-electron chi connectivity index (χ4n) is 0.967. The molecule has 0 aliphatic rings. The highest BCUT2D eigenvalue weighted by Crippen LogP contribution is 2.32. The molecule has 0 atom stereocenters. The molecule has 0 saturated heterocycles. The second-order valence-corrected chi connectivity index (χ2v) is 2.72. The number of halogens is 6. The number of carbonyl (C=O) groups excluding carboxylic acids is 1. The molecule has 0 radical (unpaired) electrons. The number of carbonyl (C=O) groups is 1. The van der Waals surface area contributed by atoms with Gasteiger partial charge in [0.2, 0.25) is 0 Å². The van der Waals surface area contributed by atoms with E-state index in [-0.39, 0.29) is 0 Å². The molecule has 1 aromatic rings. The van der Waals surface area contributed by atoms with E-state index in [1.165, 1.54) is 0 Å². The van der Waals surface area contributed by atoms with Crippen LogP contribution in [0.25, 0.3) is 0 Å². The van der Waals surface area contributed by atoms with Gasteiger partial charge in [0.05, 0.1) is 5.56 Å². The zero-order valence-corrected chi connectivity index (χ0v) is 7.36. The Hall–Kier alpha value is -1.60.